The minimum Gasteiger partial charge on any atom is -0.468 e. The average Bonchev–Trinajstić information content (AvgIpc) is 2.78. The molecule has 20 heavy (non-hydrogen) atoms. The van der Waals surface area contributed by atoms with Gasteiger partial charge in [0.05, 0.1) is 7.11 Å². The minimum atomic E-state index is -0.624. The van der Waals surface area contributed by atoms with E-state index in [9.17, 15) is 4.79 Å². The van der Waals surface area contributed by atoms with E-state index in [1.807, 2.05) is 27.7 Å². The lowest BCUT2D eigenvalue weighted by molar-refractivity contribution is -0.148. The Hall–Kier alpha value is -0.660. The van der Waals surface area contributed by atoms with Crippen LogP contribution >= 0.6 is 23.1 Å². The number of carbonyl (C=O) groups excluding carboxylic acids is 1. The summed E-state index contributed by atoms with van der Waals surface area (Å²) in [6.45, 7) is 7.90. The maximum Gasteiger partial charge on any atom is 0.325 e. The summed E-state index contributed by atoms with van der Waals surface area (Å²) in [6, 6.07) is 0.234. The molecule has 114 valence electrons. The number of thioether (sulfide) groups is 1. The zero-order chi connectivity index (χ0) is 15.2. The molecule has 0 fully saturated rings. The maximum absolute atomic E-state index is 11.9. The van der Waals surface area contributed by atoms with Gasteiger partial charge >= 0.3 is 5.97 Å². The third kappa shape index (κ3) is 5.38. The van der Waals surface area contributed by atoms with Crippen LogP contribution in [0.1, 0.15) is 38.6 Å². The molecule has 1 rings (SSSR count). The van der Waals surface area contributed by atoms with Crippen LogP contribution in [-0.4, -0.2) is 40.6 Å². The standard InChI is InChI=1S/C13H23N3O2S2/c1-9(2)14-13(4,11(17)18-5)7-6-8-19-12-16-15-10(3)20-12/h9,14H,6-8H2,1-5H3. The van der Waals surface area contributed by atoms with E-state index < -0.39 is 5.54 Å². The summed E-state index contributed by atoms with van der Waals surface area (Å²) >= 11 is 3.29. The fourth-order valence-corrected chi connectivity index (χ4v) is 3.84. The van der Waals surface area contributed by atoms with Gasteiger partial charge in [0, 0.05) is 11.8 Å². The Balaban J connectivity index is 2.44. The van der Waals surface area contributed by atoms with E-state index in [0.29, 0.717) is 0 Å². The molecule has 7 heteroatoms. The van der Waals surface area contributed by atoms with Gasteiger partial charge in [-0.15, -0.1) is 10.2 Å². The lowest BCUT2D eigenvalue weighted by Gasteiger charge is -2.30. The van der Waals surface area contributed by atoms with Crippen molar-refractivity contribution in [3.05, 3.63) is 5.01 Å². The van der Waals surface area contributed by atoms with Gasteiger partial charge in [0.1, 0.15) is 10.5 Å². The van der Waals surface area contributed by atoms with Gasteiger partial charge in [-0.3, -0.25) is 10.1 Å². The highest BCUT2D eigenvalue weighted by molar-refractivity contribution is 8.01. The fraction of sp³-hybridized carbons (Fsp3) is 0.769. The van der Waals surface area contributed by atoms with Crippen LogP contribution in [0, 0.1) is 6.92 Å². The molecule has 0 radical (unpaired) electrons. The molecule has 1 atom stereocenters. The molecule has 0 spiro atoms. The highest BCUT2D eigenvalue weighted by Crippen LogP contribution is 2.24. The quantitative estimate of drug-likeness (QED) is 0.452. The Bertz CT molecular complexity index is 437. The lowest BCUT2D eigenvalue weighted by Crippen LogP contribution is -2.53. The Kier molecular flexibility index (Phi) is 6.91. The van der Waals surface area contributed by atoms with Gasteiger partial charge in [-0.05, 0) is 40.5 Å². The van der Waals surface area contributed by atoms with Crippen molar-refractivity contribution in [3.63, 3.8) is 0 Å². The van der Waals surface area contributed by atoms with Crippen molar-refractivity contribution in [2.75, 3.05) is 12.9 Å². The lowest BCUT2D eigenvalue weighted by atomic mass is 9.95. The highest BCUT2D eigenvalue weighted by atomic mass is 32.2. The largest absolute Gasteiger partial charge is 0.468 e. The summed E-state index contributed by atoms with van der Waals surface area (Å²) in [5, 5.41) is 12.3. The molecule has 0 amide bonds. The number of methoxy groups -OCH3 is 1. The Labute approximate surface area is 128 Å². The summed E-state index contributed by atoms with van der Waals surface area (Å²) < 4.78 is 5.89. The number of rotatable bonds is 8. The normalized spacial score (nSPS) is 14.3. The van der Waals surface area contributed by atoms with Crippen molar-refractivity contribution in [2.45, 2.75) is 56.5 Å². The monoisotopic (exact) mass is 317 g/mol. The van der Waals surface area contributed by atoms with Crippen LogP contribution in [0.15, 0.2) is 4.34 Å². The van der Waals surface area contributed by atoms with Crippen LogP contribution < -0.4 is 5.32 Å². The fourth-order valence-electron chi connectivity index (χ4n) is 2.02. The molecule has 1 aromatic heterocycles. The molecule has 0 aliphatic carbocycles. The zero-order valence-corrected chi connectivity index (χ0v) is 14.4. The molecule has 1 heterocycles. The number of nitrogens with one attached hydrogen (secondary N) is 1. The second kappa shape index (κ2) is 7.95. The molecular formula is C13H23N3O2S2. The molecule has 0 bridgehead atoms. The van der Waals surface area contributed by atoms with E-state index in [1.54, 1.807) is 23.1 Å². The maximum atomic E-state index is 11.9. The molecule has 1 unspecified atom stereocenters. The number of hydrogen-bond acceptors (Lipinski definition) is 7. The second-order valence-corrected chi connectivity index (χ2v) is 7.69. The van der Waals surface area contributed by atoms with Crippen molar-refractivity contribution >= 4 is 29.1 Å². The molecule has 1 aromatic rings. The summed E-state index contributed by atoms with van der Waals surface area (Å²) in [6.07, 6.45) is 1.65. The first kappa shape index (κ1) is 17.4. The van der Waals surface area contributed by atoms with Gasteiger partial charge in [-0.25, -0.2) is 0 Å². The Morgan fingerprint density at radius 3 is 2.70 bits per heavy atom. The molecule has 0 saturated heterocycles. The van der Waals surface area contributed by atoms with Crippen LogP contribution in [0.4, 0.5) is 0 Å². The Morgan fingerprint density at radius 2 is 2.20 bits per heavy atom. The van der Waals surface area contributed by atoms with E-state index in [-0.39, 0.29) is 12.0 Å². The molecule has 0 aliphatic heterocycles. The molecule has 0 saturated carbocycles. The molecule has 1 N–H and O–H groups in total. The second-order valence-electron chi connectivity index (χ2n) is 5.16. The number of aromatic nitrogens is 2. The van der Waals surface area contributed by atoms with Gasteiger partial charge in [0.2, 0.25) is 0 Å². The van der Waals surface area contributed by atoms with Gasteiger partial charge in [-0.2, -0.15) is 0 Å². The SMILES string of the molecule is COC(=O)C(C)(CCCSc1nnc(C)s1)NC(C)C. The first-order chi connectivity index (χ1) is 9.37. The number of nitrogens with zero attached hydrogens (tertiary/aromatic N) is 2. The number of esters is 1. The molecule has 0 aliphatic rings. The Morgan fingerprint density at radius 1 is 1.50 bits per heavy atom. The van der Waals surface area contributed by atoms with Crippen LogP contribution in [-0.2, 0) is 9.53 Å². The number of carbonyl (C=O) groups is 1. The van der Waals surface area contributed by atoms with Crippen LogP contribution in [0.5, 0.6) is 0 Å². The topological polar surface area (TPSA) is 64.1 Å². The first-order valence-electron chi connectivity index (χ1n) is 6.66. The third-order valence-corrected chi connectivity index (χ3v) is 4.86. The van der Waals surface area contributed by atoms with E-state index >= 15 is 0 Å². The van der Waals surface area contributed by atoms with Crippen molar-refractivity contribution < 1.29 is 9.53 Å². The van der Waals surface area contributed by atoms with E-state index in [1.165, 1.54) is 7.11 Å². The van der Waals surface area contributed by atoms with Gasteiger partial charge < -0.3 is 4.74 Å². The predicted octanol–water partition coefficient (Wildman–Crippen LogP) is 2.65. The molecule has 0 aromatic carbocycles. The van der Waals surface area contributed by atoms with Crippen LogP contribution in [0.2, 0.25) is 0 Å². The smallest absolute Gasteiger partial charge is 0.325 e. The highest BCUT2D eigenvalue weighted by Gasteiger charge is 2.34. The molecule has 5 nitrogen and oxygen atoms in total. The average molecular weight is 317 g/mol. The number of hydrogen-bond donors (Lipinski definition) is 1. The van der Waals surface area contributed by atoms with Crippen molar-refractivity contribution in [2.24, 2.45) is 0 Å². The number of ether oxygens (including phenoxy) is 1. The van der Waals surface area contributed by atoms with Gasteiger partial charge in [-0.1, -0.05) is 23.1 Å². The van der Waals surface area contributed by atoms with Gasteiger partial charge in [0.25, 0.3) is 0 Å². The van der Waals surface area contributed by atoms with Crippen LogP contribution in [0.25, 0.3) is 0 Å². The minimum absolute atomic E-state index is 0.206. The first-order valence-corrected chi connectivity index (χ1v) is 8.46. The number of aryl methyl sites for hydroxylation is 1. The van der Waals surface area contributed by atoms with Crippen molar-refractivity contribution in [1.82, 2.24) is 15.5 Å². The van der Waals surface area contributed by atoms with E-state index in [0.717, 1.165) is 27.9 Å². The summed E-state index contributed by atoms with van der Waals surface area (Å²) in [7, 11) is 1.43. The van der Waals surface area contributed by atoms with Crippen molar-refractivity contribution in [3.8, 4) is 0 Å². The van der Waals surface area contributed by atoms with Crippen LogP contribution in [0.3, 0.4) is 0 Å². The van der Waals surface area contributed by atoms with Gasteiger partial charge in [0.15, 0.2) is 4.34 Å². The summed E-state index contributed by atoms with van der Waals surface area (Å²) in [5.41, 5.74) is -0.624. The predicted molar refractivity (Wildman–Crippen MR) is 83.3 cm³/mol. The van der Waals surface area contributed by atoms with E-state index in [2.05, 4.69) is 15.5 Å². The van der Waals surface area contributed by atoms with E-state index in [4.69, 9.17) is 4.74 Å². The third-order valence-electron chi connectivity index (χ3n) is 2.80. The molecular weight excluding hydrogens is 294 g/mol. The summed E-state index contributed by atoms with van der Waals surface area (Å²) in [4.78, 5) is 11.9. The summed E-state index contributed by atoms with van der Waals surface area (Å²) in [5.74, 6) is 0.712. The van der Waals surface area contributed by atoms with Crippen molar-refractivity contribution in [1.29, 1.82) is 0 Å². The zero-order valence-electron chi connectivity index (χ0n) is 12.7.